The predicted molar refractivity (Wildman–Crippen MR) is 130 cm³/mol. The van der Waals surface area contributed by atoms with Crippen LogP contribution in [0.15, 0.2) is 42.5 Å². The molecule has 174 valence electrons. The van der Waals surface area contributed by atoms with Crippen LogP contribution in [0.5, 0.6) is 0 Å². The second kappa shape index (κ2) is 9.11. The molecule has 1 aliphatic rings. The number of nitrogens with zero attached hydrogens (tertiary/aromatic N) is 1. The lowest BCUT2D eigenvalue weighted by Crippen LogP contribution is -2.45. The van der Waals surface area contributed by atoms with E-state index in [0.29, 0.717) is 16.9 Å². The van der Waals surface area contributed by atoms with Crippen molar-refractivity contribution in [2.24, 2.45) is 0 Å². The molecular weight excluding hydrogens is 426 g/mol. The van der Waals surface area contributed by atoms with Crippen molar-refractivity contribution in [2.75, 3.05) is 28.0 Å². The highest BCUT2D eigenvalue weighted by Gasteiger charge is 2.29. The lowest BCUT2D eigenvalue weighted by molar-refractivity contribution is -0.00524. The Morgan fingerprint density at radius 2 is 1.56 bits per heavy atom. The van der Waals surface area contributed by atoms with Crippen LogP contribution in [-0.4, -0.2) is 44.4 Å². The predicted octanol–water partition coefficient (Wildman–Crippen LogP) is 4.40. The van der Waals surface area contributed by atoms with Crippen molar-refractivity contribution in [3.63, 3.8) is 0 Å². The summed E-state index contributed by atoms with van der Waals surface area (Å²) in [6.07, 6.45) is 0.349. The van der Waals surface area contributed by atoms with E-state index in [2.05, 4.69) is 28.8 Å². The van der Waals surface area contributed by atoms with E-state index in [0.717, 1.165) is 24.3 Å². The normalized spacial score (nSPS) is 19.5. The molecule has 2 aromatic rings. The number of carbonyl (C=O) groups is 1. The molecule has 1 heterocycles. The van der Waals surface area contributed by atoms with E-state index in [-0.39, 0.29) is 18.1 Å². The number of morpholine rings is 1. The molecule has 0 saturated carbocycles. The zero-order valence-electron chi connectivity index (χ0n) is 19.6. The molecule has 2 aromatic carbocycles. The maximum atomic E-state index is 12.7. The topological polar surface area (TPSA) is 87.7 Å². The second-order valence-corrected chi connectivity index (χ2v) is 11.8. The molecule has 32 heavy (non-hydrogen) atoms. The number of hydrogen-bond acceptors (Lipinski definition) is 5. The van der Waals surface area contributed by atoms with Crippen LogP contribution in [0.3, 0.4) is 0 Å². The highest BCUT2D eigenvalue weighted by Crippen LogP contribution is 2.27. The summed E-state index contributed by atoms with van der Waals surface area (Å²) in [6, 6.07) is 12.3. The SMILES string of the molecule is Cc1cc(NC(=O)c2ccc(NS(=O)(=O)C(C)(C)C)cc2)ccc1N1C[C@@H](C)O[C@@H](C)C1. The van der Waals surface area contributed by atoms with Gasteiger partial charge in [-0.3, -0.25) is 9.52 Å². The summed E-state index contributed by atoms with van der Waals surface area (Å²) in [6.45, 7) is 12.7. The lowest BCUT2D eigenvalue weighted by Gasteiger charge is -2.37. The largest absolute Gasteiger partial charge is 0.372 e. The van der Waals surface area contributed by atoms with Gasteiger partial charge >= 0.3 is 0 Å². The van der Waals surface area contributed by atoms with E-state index in [1.165, 1.54) is 0 Å². The van der Waals surface area contributed by atoms with Crippen molar-refractivity contribution >= 4 is 33.0 Å². The van der Waals surface area contributed by atoms with Crippen LogP contribution in [0, 0.1) is 6.92 Å². The number of sulfonamides is 1. The Morgan fingerprint density at radius 1 is 1.00 bits per heavy atom. The number of hydrogen-bond donors (Lipinski definition) is 2. The Labute approximate surface area is 191 Å². The van der Waals surface area contributed by atoms with E-state index < -0.39 is 14.8 Å². The van der Waals surface area contributed by atoms with E-state index >= 15 is 0 Å². The molecular formula is C24H33N3O4S. The number of anilines is 3. The van der Waals surface area contributed by atoms with Gasteiger partial charge < -0.3 is 15.0 Å². The van der Waals surface area contributed by atoms with E-state index in [1.807, 2.05) is 25.1 Å². The average molecular weight is 460 g/mol. The molecule has 3 rings (SSSR count). The molecule has 0 spiro atoms. The number of rotatable bonds is 5. The number of amides is 1. The van der Waals surface area contributed by atoms with E-state index in [1.54, 1.807) is 45.0 Å². The van der Waals surface area contributed by atoms with Crippen LogP contribution in [0.25, 0.3) is 0 Å². The first kappa shape index (κ1) is 24.1. The quantitative estimate of drug-likeness (QED) is 0.692. The standard InChI is InChI=1S/C24H33N3O4S/c1-16-13-21(11-12-22(16)27-14-17(2)31-18(3)15-27)25-23(28)19-7-9-20(10-8-19)26-32(29,30)24(4,5)6/h7-13,17-18,26H,14-15H2,1-6H3,(H,25,28)/t17-,18+. The van der Waals surface area contributed by atoms with Crippen LogP contribution in [0.4, 0.5) is 17.1 Å². The molecule has 1 amide bonds. The number of aryl methyl sites for hydroxylation is 1. The fourth-order valence-electron chi connectivity index (χ4n) is 3.66. The van der Waals surface area contributed by atoms with Crippen LogP contribution in [0.2, 0.25) is 0 Å². The summed E-state index contributed by atoms with van der Waals surface area (Å²) in [7, 11) is -3.52. The zero-order chi connectivity index (χ0) is 23.7. The molecule has 1 fully saturated rings. The Kier molecular flexibility index (Phi) is 6.86. The molecule has 0 unspecified atom stereocenters. The summed E-state index contributed by atoms with van der Waals surface area (Å²) in [5.41, 5.74) is 3.80. The van der Waals surface area contributed by atoms with Gasteiger partial charge in [-0.25, -0.2) is 8.42 Å². The Morgan fingerprint density at radius 3 is 2.09 bits per heavy atom. The molecule has 1 saturated heterocycles. The number of nitrogens with one attached hydrogen (secondary N) is 2. The molecule has 2 atom stereocenters. The zero-order valence-corrected chi connectivity index (χ0v) is 20.4. The molecule has 7 nitrogen and oxygen atoms in total. The third-order valence-corrected chi connectivity index (χ3v) is 7.54. The fraction of sp³-hybridized carbons (Fsp3) is 0.458. The number of carbonyl (C=O) groups excluding carboxylic acids is 1. The maximum Gasteiger partial charge on any atom is 0.255 e. The first-order chi connectivity index (χ1) is 14.9. The van der Waals surface area contributed by atoms with Crippen molar-refractivity contribution < 1.29 is 17.9 Å². The van der Waals surface area contributed by atoms with Crippen molar-refractivity contribution in [3.05, 3.63) is 53.6 Å². The van der Waals surface area contributed by atoms with Gasteiger partial charge in [0.15, 0.2) is 0 Å². The summed E-state index contributed by atoms with van der Waals surface area (Å²) in [4.78, 5) is 15.0. The minimum absolute atomic E-state index is 0.174. The van der Waals surface area contributed by atoms with Crippen LogP contribution < -0.4 is 14.9 Å². The van der Waals surface area contributed by atoms with Gasteiger partial charge in [0.25, 0.3) is 5.91 Å². The van der Waals surface area contributed by atoms with Crippen LogP contribution in [-0.2, 0) is 14.8 Å². The number of ether oxygens (including phenoxy) is 1. The second-order valence-electron chi connectivity index (χ2n) is 9.41. The molecule has 0 radical (unpaired) electrons. The summed E-state index contributed by atoms with van der Waals surface area (Å²) >= 11 is 0. The molecule has 0 aromatic heterocycles. The summed E-state index contributed by atoms with van der Waals surface area (Å²) < 4.78 is 32.0. The smallest absolute Gasteiger partial charge is 0.255 e. The van der Waals surface area contributed by atoms with Gasteiger partial charge in [0.2, 0.25) is 10.0 Å². The summed E-state index contributed by atoms with van der Waals surface area (Å²) in [5, 5.41) is 2.92. The Bertz CT molecular complexity index is 1070. The van der Waals surface area contributed by atoms with Gasteiger partial charge in [0, 0.05) is 35.7 Å². The van der Waals surface area contributed by atoms with Crippen molar-refractivity contribution in [3.8, 4) is 0 Å². The van der Waals surface area contributed by atoms with Gasteiger partial charge in [-0.2, -0.15) is 0 Å². The van der Waals surface area contributed by atoms with E-state index in [9.17, 15) is 13.2 Å². The van der Waals surface area contributed by atoms with Crippen LogP contribution >= 0.6 is 0 Å². The molecule has 0 aliphatic carbocycles. The highest BCUT2D eigenvalue weighted by molar-refractivity contribution is 7.94. The molecule has 0 bridgehead atoms. The minimum atomic E-state index is -3.52. The monoisotopic (exact) mass is 459 g/mol. The Hall–Kier alpha value is -2.58. The van der Waals surface area contributed by atoms with Crippen molar-refractivity contribution in [2.45, 2.75) is 58.5 Å². The van der Waals surface area contributed by atoms with Gasteiger partial charge in [-0.15, -0.1) is 0 Å². The maximum absolute atomic E-state index is 12.7. The minimum Gasteiger partial charge on any atom is -0.372 e. The third kappa shape index (κ3) is 5.61. The van der Waals surface area contributed by atoms with Gasteiger partial charge in [0.1, 0.15) is 0 Å². The lowest BCUT2D eigenvalue weighted by atomic mass is 10.1. The Balaban J connectivity index is 1.67. The van der Waals surface area contributed by atoms with Gasteiger partial charge in [-0.05, 0) is 89.6 Å². The van der Waals surface area contributed by atoms with Gasteiger partial charge in [-0.1, -0.05) is 0 Å². The molecule has 1 aliphatic heterocycles. The first-order valence-corrected chi connectivity index (χ1v) is 12.3. The van der Waals surface area contributed by atoms with E-state index in [4.69, 9.17) is 4.74 Å². The van der Waals surface area contributed by atoms with Crippen LogP contribution in [0.1, 0.15) is 50.5 Å². The molecule has 2 N–H and O–H groups in total. The van der Waals surface area contributed by atoms with Crippen molar-refractivity contribution in [1.82, 2.24) is 0 Å². The first-order valence-electron chi connectivity index (χ1n) is 10.8. The molecule has 8 heteroatoms. The average Bonchev–Trinajstić information content (AvgIpc) is 2.66. The third-order valence-electron chi connectivity index (χ3n) is 5.42. The number of benzene rings is 2. The van der Waals surface area contributed by atoms with Crippen molar-refractivity contribution in [1.29, 1.82) is 0 Å². The summed E-state index contributed by atoms with van der Waals surface area (Å²) in [5.74, 6) is -0.254. The fourth-order valence-corrected chi connectivity index (χ4v) is 4.42. The highest BCUT2D eigenvalue weighted by atomic mass is 32.2. The van der Waals surface area contributed by atoms with Gasteiger partial charge in [0.05, 0.1) is 17.0 Å².